The van der Waals surface area contributed by atoms with Gasteiger partial charge in [-0.2, -0.15) is 0 Å². The lowest BCUT2D eigenvalue weighted by atomic mass is 10.0. The fourth-order valence-corrected chi connectivity index (χ4v) is 3.01. The first kappa shape index (κ1) is 27.2. The van der Waals surface area contributed by atoms with Gasteiger partial charge in [0, 0.05) is 37.1 Å². The van der Waals surface area contributed by atoms with E-state index in [0.717, 1.165) is 12.8 Å². The first-order chi connectivity index (χ1) is 15.1. The van der Waals surface area contributed by atoms with Gasteiger partial charge in [-0.05, 0) is 25.0 Å². The van der Waals surface area contributed by atoms with Gasteiger partial charge in [0.25, 0.3) is 0 Å². The SMILES string of the molecule is CSc1ncc(/C(N)=C/N(N)CCCCCC(=O)NC(C(=O)NCC(=O)O)C(C)C)cn1. The van der Waals surface area contributed by atoms with E-state index in [1.807, 2.05) is 6.26 Å². The third-order valence-corrected chi connectivity index (χ3v) is 5.02. The maximum atomic E-state index is 12.2. The summed E-state index contributed by atoms with van der Waals surface area (Å²) in [5, 5.41) is 15.8. The molecule has 0 bridgehead atoms. The monoisotopic (exact) mass is 467 g/mol. The number of aliphatic carboxylic acids is 1. The molecule has 0 spiro atoms. The van der Waals surface area contributed by atoms with Crippen LogP contribution in [0.3, 0.4) is 0 Å². The number of hydrogen-bond acceptors (Lipinski definition) is 9. The van der Waals surface area contributed by atoms with E-state index in [9.17, 15) is 14.4 Å². The molecular formula is C20H33N7O4S. The maximum Gasteiger partial charge on any atom is 0.322 e. The lowest BCUT2D eigenvalue weighted by Gasteiger charge is -2.21. The molecule has 32 heavy (non-hydrogen) atoms. The van der Waals surface area contributed by atoms with Gasteiger partial charge in [-0.15, -0.1) is 0 Å². The molecule has 11 nitrogen and oxygen atoms in total. The number of hydrogen-bond donors (Lipinski definition) is 5. The van der Waals surface area contributed by atoms with Crippen LogP contribution in [0.5, 0.6) is 0 Å². The molecule has 1 unspecified atom stereocenters. The van der Waals surface area contributed by atoms with Crippen LogP contribution in [0, 0.1) is 5.92 Å². The van der Waals surface area contributed by atoms with Crippen LogP contribution in [0.1, 0.15) is 45.1 Å². The summed E-state index contributed by atoms with van der Waals surface area (Å²) < 4.78 is 0. The molecule has 7 N–H and O–H groups in total. The van der Waals surface area contributed by atoms with Gasteiger partial charge in [0.2, 0.25) is 11.8 Å². The average Bonchev–Trinajstić information content (AvgIpc) is 2.75. The highest BCUT2D eigenvalue weighted by molar-refractivity contribution is 7.98. The first-order valence-corrected chi connectivity index (χ1v) is 11.5. The van der Waals surface area contributed by atoms with Crippen LogP contribution < -0.4 is 22.2 Å². The van der Waals surface area contributed by atoms with Gasteiger partial charge < -0.3 is 26.5 Å². The largest absolute Gasteiger partial charge is 0.480 e. The Kier molecular flexibility index (Phi) is 12.1. The van der Waals surface area contributed by atoms with Crippen LogP contribution in [0.4, 0.5) is 0 Å². The summed E-state index contributed by atoms with van der Waals surface area (Å²) >= 11 is 1.44. The number of amides is 2. The molecule has 1 heterocycles. The van der Waals surface area contributed by atoms with Crippen LogP contribution in [-0.2, 0) is 14.4 Å². The summed E-state index contributed by atoms with van der Waals surface area (Å²) in [6, 6.07) is -0.775. The van der Waals surface area contributed by atoms with E-state index in [2.05, 4.69) is 20.6 Å². The van der Waals surface area contributed by atoms with E-state index in [1.54, 1.807) is 32.4 Å². The summed E-state index contributed by atoms with van der Waals surface area (Å²) in [7, 11) is 0. The van der Waals surface area contributed by atoms with Crippen molar-refractivity contribution < 1.29 is 19.5 Å². The smallest absolute Gasteiger partial charge is 0.322 e. The summed E-state index contributed by atoms with van der Waals surface area (Å²) in [5.41, 5.74) is 7.17. The molecular weight excluding hydrogens is 434 g/mol. The highest BCUT2D eigenvalue weighted by atomic mass is 32.2. The second-order valence-electron chi connectivity index (χ2n) is 7.49. The van der Waals surface area contributed by atoms with E-state index < -0.39 is 24.5 Å². The second-order valence-corrected chi connectivity index (χ2v) is 8.27. The number of unbranched alkanes of at least 4 members (excludes halogenated alkanes) is 2. The Labute approximate surface area is 192 Å². The Morgan fingerprint density at radius 3 is 2.44 bits per heavy atom. The summed E-state index contributed by atoms with van der Waals surface area (Å²) in [6.07, 6.45) is 9.20. The van der Waals surface area contributed by atoms with Gasteiger partial charge in [-0.1, -0.05) is 32.0 Å². The van der Waals surface area contributed by atoms with Crippen molar-refractivity contribution in [3.8, 4) is 0 Å². The zero-order valence-corrected chi connectivity index (χ0v) is 19.5. The molecule has 1 aromatic heterocycles. The lowest BCUT2D eigenvalue weighted by molar-refractivity contribution is -0.138. The number of hydrazine groups is 1. The van der Waals surface area contributed by atoms with Gasteiger partial charge >= 0.3 is 5.97 Å². The van der Waals surface area contributed by atoms with Crippen LogP contribution in [0.2, 0.25) is 0 Å². The van der Waals surface area contributed by atoms with Gasteiger partial charge in [0.1, 0.15) is 12.6 Å². The first-order valence-electron chi connectivity index (χ1n) is 10.3. The van der Waals surface area contributed by atoms with Crippen molar-refractivity contribution >= 4 is 35.2 Å². The van der Waals surface area contributed by atoms with Crippen molar-refractivity contribution in [1.82, 2.24) is 25.6 Å². The normalized spacial score (nSPS) is 12.3. The number of rotatable bonds is 14. The number of carbonyl (C=O) groups excluding carboxylic acids is 2. The molecule has 1 aromatic rings. The van der Waals surface area contributed by atoms with E-state index in [1.165, 1.54) is 16.8 Å². The Morgan fingerprint density at radius 1 is 1.22 bits per heavy atom. The molecule has 2 amide bonds. The van der Waals surface area contributed by atoms with Crippen LogP contribution in [0.15, 0.2) is 23.8 Å². The standard InChI is InChI=1S/C20H33N7O4S/c1-13(2)18(19(31)23-11-17(29)30)26-16(28)7-5-4-6-8-27(22)12-15(21)14-9-24-20(32-3)25-10-14/h9-10,12-13,18H,4-8,11,21-22H2,1-3H3,(H,23,31)(H,26,28)(H,29,30)/b15-12-. The van der Waals surface area contributed by atoms with Crippen LogP contribution in [-0.4, -0.2) is 63.3 Å². The second kappa shape index (κ2) is 14.2. The van der Waals surface area contributed by atoms with Crippen LogP contribution >= 0.6 is 11.8 Å². The molecule has 12 heteroatoms. The molecule has 0 radical (unpaired) electrons. The van der Waals surface area contributed by atoms with Gasteiger partial charge in [-0.25, -0.2) is 15.8 Å². The highest BCUT2D eigenvalue weighted by Crippen LogP contribution is 2.11. The molecule has 1 atom stereocenters. The summed E-state index contributed by atoms with van der Waals surface area (Å²) in [5.74, 6) is 3.89. The van der Waals surface area contributed by atoms with Gasteiger partial charge in [-0.3, -0.25) is 14.4 Å². The number of nitrogens with zero attached hydrogens (tertiary/aromatic N) is 3. The third kappa shape index (κ3) is 10.4. The number of aromatic nitrogens is 2. The van der Waals surface area contributed by atoms with Gasteiger partial charge in [0.05, 0.1) is 5.70 Å². The number of nitrogens with one attached hydrogen (secondary N) is 2. The molecule has 0 aliphatic carbocycles. The summed E-state index contributed by atoms with van der Waals surface area (Å²) in [6.45, 7) is 3.63. The molecule has 0 aromatic carbocycles. The topological polar surface area (TPSA) is 177 Å². The number of carboxylic acid groups (broad SMARTS) is 1. The average molecular weight is 468 g/mol. The number of carbonyl (C=O) groups is 3. The molecule has 0 aliphatic heterocycles. The maximum absolute atomic E-state index is 12.2. The predicted molar refractivity (Wildman–Crippen MR) is 123 cm³/mol. The minimum atomic E-state index is -1.14. The molecule has 0 saturated heterocycles. The molecule has 178 valence electrons. The van der Waals surface area contributed by atoms with E-state index in [4.69, 9.17) is 16.7 Å². The molecule has 1 rings (SSSR count). The summed E-state index contributed by atoms with van der Waals surface area (Å²) in [4.78, 5) is 43.2. The zero-order valence-electron chi connectivity index (χ0n) is 18.7. The van der Waals surface area contributed by atoms with Crippen molar-refractivity contribution in [2.45, 2.75) is 50.7 Å². The predicted octanol–water partition coefficient (Wildman–Crippen LogP) is 0.533. The van der Waals surface area contributed by atoms with Crippen molar-refractivity contribution in [1.29, 1.82) is 0 Å². The Hall–Kier alpha value is -2.86. The van der Waals surface area contributed by atoms with E-state index >= 15 is 0 Å². The van der Waals surface area contributed by atoms with Crippen molar-refractivity contribution in [3.63, 3.8) is 0 Å². The zero-order chi connectivity index (χ0) is 24.1. The fourth-order valence-electron chi connectivity index (χ4n) is 2.70. The fraction of sp³-hybridized carbons (Fsp3) is 0.550. The minimum Gasteiger partial charge on any atom is -0.480 e. The van der Waals surface area contributed by atoms with E-state index in [-0.39, 0.29) is 18.2 Å². The molecule has 0 saturated carbocycles. The Bertz CT molecular complexity index is 787. The lowest BCUT2D eigenvalue weighted by Crippen LogP contribution is -2.50. The number of thioether (sulfide) groups is 1. The third-order valence-electron chi connectivity index (χ3n) is 4.45. The number of carboxylic acids is 1. The molecule has 0 aliphatic rings. The van der Waals surface area contributed by atoms with Gasteiger partial charge in [0.15, 0.2) is 5.16 Å². The highest BCUT2D eigenvalue weighted by Gasteiger charge is 2.24. The van der Waals surface area contributed by atoms with Crippen molar-refractivity contribution in [2.24, 2.45) is 17.5 Å². The van der Waals surface area contributed by atoms with Crippen molar-refractivity contribution in [3.05, 3.63) is 24.2 Å². The minimum absolute atomic E-state index is 0.168. The molecule has 0 fully saturated rings. The van der Waals surface area contributed by atoms with Crippen LogP contribution in [0.25, 0.3) is 5.70 Å². The Morgan fingerprint density at radius 2 is 1.88 bits per heavy atom. The number of nitrogens with two attached hydrogens (primary N) is 2. The van der Waals surface area contributed by atoms with Crippen molar-refractivity contribution in [2.75, 3.05) is 19.3 Å². The quantitative estimate of drug-likeness (QED) is 0.0852. The van der Waals surface area contributed by atoms with E-state index in [0.29, 0.717) is 29.4 Å². The Balaban J connectivity index is 2.35.